The molecule has 1 N–H and O–H groups in total. The summed E-state index contributed by atoms with van der Waals surface area (Å²) in [6.07, 6.45) is 3.70. The molecular weight excluding hydrogens is 212 g/mol. The number of nitrogens with one attached hydrogen (secondary N) is 1. The summed E-state index contributed by atoms with van der Waals surface area (Å²) < 4.78 is 0. The van der Waals surface area contributed by atoms with Crippen molar-refractivity contribution in [2.45, 2.75) is 40.3 Å². The zero-order valence-corrected chi connectivity index (χ0v) is 11.6. The molecule has 96 valence electrons. The van der Waals surface area contributed by atoms with Crippen LogP contribution in [0.4, 0.5) is 5.82 Å². The highest BCUT2D eigenvalue weighted by Gasteiger charge is 2.14. The van der Waals surface area contributed by atoms with Gasteiger partial charge in [-0.2, -0.15) is 0 Å². The van der Waals surface area contributed by atoms with Crippen LogP contribution in [0.25, 0.3) is 0 Å². The second-order valence-corrected chi connectivity index (χ2v) is 4.74. The Morgan fingerprint density at radius 1 is 1.24 bits per heavy atom. The Morgan fingerprint density at radius 3 is 2.41 bits per heavy atom. The van der Waals surface area contributed by atoms with Crippen molar-refractivity contribution in [2.24, 2.45) is 5.92 Å². The Balaban J connectivity index is 2.66. The van der Waals surface area contributed by atoms with Crippen LogP contribution in [-0.4, -0.2) is 29.6 Å². The standard InChI is InChI=1S/C13H24N4/c1-6-14-7-12-8-16-13(9-15-12)17(5)11(4)10(2)3/h8-11,14H,6-7H2,1-5H3. The van der Waals surface area contributed by atoms with Crippen molar-refractivity contribution in [1.29, 1.82) is 0 Å². The molecule has 1 atom stereocenters. The molecule has 1 unspecified atom stereocenters. The summed E-state index contributed by atoms with van der Waals surface area (Å²) in [6, 6.07) is 0.462. The fourth-order valence-electron chi connectivity index (χ4n) is 1.53. The van der Waals surface area contributed by atoms with Gasteiger partial charge >= 0.3 is 0 Å². The van der Waals surface area contributed by atoms with Crippen LogP contribution in [0.2, 0.25) is 0 Å². The summed E-state index contributed by atoms with van der Waals surface area (Å²) in [6.45, 7) is 10.5. The third-order valence-corrected chi connectivity index (χ3v) is 3.18. The first kappa shape index (κ1) is 13.9. The van der Waals surface area contributed by atoms with E-state index in [4.69, 9.17) is 0 Å². The molecule has 4 nitrogen and oxygen atoms in total. The van der Waals surface area contributed by atoms with Crippen molar-refractivity contribution in [1.82, 2.24) is 15.3 Å². The highest BCUT2D eigenvalue weighted by Crippen LogP contribution is 2.15. The zero-order chi connectivity index (χ0) is 12.8. The normalized spacial score (nSPS) is 12.8. The highest BCUT2D eigenvalue weighted by molar-refractivity contribution is 5.35. The van der Waals surface area contributed by atoms with Crippen LogP contribution in [0, 0.1) is 5.92 Å². The van der Waals surface area contributed by atoms with Crippen LogP contribution in [0.1, 0.15) is 33.4 Å². The Morgan fingerprint density at radius 2 is 1.94 bits per heavy atom. The molecule has 1 heterocycles. The van der Waals surface area contributed by atoms with Gasteiger partial charge in [-0.25, -0.2) is 4.98 Å². The van der Waals surface area contributed by atoms with E-state index in [2.05, 4.69) is 54.9 Å². The highest BCUT2D eigenvalue weighted by atomic mass is 15.2. The van der Waals surface area contributed by atoms with Crippen LogP contribution in [0.3, 0.4) is 0 Å². The first-order valence-electron chi connectivity index (χ1n) is 6.30. The molecule has 0 saturated carbocycles. The van der Waals surface area contributed by atoms with E-state index in [0.29, 0.717) is 12.0 Å². The van der Waals surface area contributed by atoms with E-state index in [1.165, 1.54) is 0 Å². The monoisotopic (exact) mass is 236 g/mol. The molecule has 0 bridgehead atoms. The second-order valence-electron chi connectivity index (χ2n) is 4.74. The number of nitrogens with zero attached hydrogens (tertiary/aromatic N) is 3. The Labute approximate surface area is 104 Å². The lowest BCUT2D eigenvalue weighted by molar-refractivity contribution is 0.502. The minimum atomic E-state index is 0.462. The lowest BCUT2D eigenvalue weighted by Gasteiger charge is -2.28. The Kier molecular flexibility index (Phi) is 5.35. The lowest BCUT2D eigenvalue weighted by atomic mass is 10.1. The molecule has 1 aromatic rings. The maximum atomic E-state index is 4.46. The quantitative estimate of drug-likeness (QED) is 0.821. The number of aromatic nitrogens is 2. The van der Waals surface area contributed by atoms with Gasteiger partial charge in [0, 0.05) is 19.6 Å². The first-order chi connectivity index (χ1) is 8.06. The van der Waals surface area contributed by atoms with Crippen LogP contribution in [0.15, 0.2) is 12.4 Å². The van der Waals surface area contributed by atoms with Crippen molar-refractivity contribution < 1.29 is 0 Å². The minimum absolute atomic E-state index is 0.462. The van der Waals surface area contributed by atoms with Gasteiger partial charge in [-0.15, -0.1) is 0 Å². The molecule has 0 spiro atoms. The van der Waals surface area contributed by atoms with Crippen LogP contribution in [0.5, 0.6) is 0 Å². The third kappa shape index (κ3) is 3.97. The number of hydrogen-bond acceptors (Lipinski definition) is 4. The summed E-state index contributed by atoms with van der Waals surface area (Å²) in [7, 11) is 2.07. The fourth-order valence-corrected chi connectivity index (χ4v) is 1.53. The molecule has 0 fully saturated rings. The van der Waals surface area contributed by atoms with Crippen molar-refractivity contribution in [3.8, 4) is 0 Å². The lowest BCUT2D eigenvalue weighted by Crippen LogP contribution is -2.33. The van der Waals surface area contributed by atoms with Crippen LogP contribution < -0.4 is 10.2 Å². The van der Waals surface area contributed by atoms with Gasteiger partial charge in [-0.3, -0.25) is 4.98 Å². The van der Waals surface area contributed by atoms with Gasteiger partial charge in [-0.05, 0) is 19.4 Å². The average Bonchev–Trinajstić information content (AvgIpc) is 2.35. The van der Waals surface area contributed by atoms with E-state index in [1.807, 2.05) is 12.4 Å². The minimum Gasteiger partial charge on any atom is -0.355 e. The first-order valence-corrected chi connectivity index (χ1v) is 6.30. The smallest absolute Gasteiger partial charge is 0.147 e. The topological polar surface area (TPSA) is 41.1 Å². The Bertz CT molecular complexity index is 321. The van der Waals surface area contributed by atoms with Crippen molar-refractivity contribution in [2.75, 3.05) is 18.5 Å². The van der Waals surface area contributed by atoms with Gasteiger partial charge in [0.05, 0.1) is 18.1 Å². The molecule has 1 aromatic heterocycles. The maximum Gasteiger partial charge on any atom is 0.147 e. The van der Waals surface area contributed by atoms with E-state index in [1.54, 1.807) is 0 Å². The second kappa shape index (κ2) is 6.55. The SMILES string of the molecule is CCNCc1cnc(N(C)C(C)C(C)C)cn1. The number of anilines is 1. The molecule has 0 radical (unpaired) electrons. The van der Waals surface area contributed by atoms with Gasteiger partial charge in [0.25, 0.3) is 0 Å². The molecule has 17 heavy (non-hydrogen) atoms. The maximum absolute atomic E-state index is 4.46. The zero-order valence-electron chi connectivity index (χ0n) is 11.6. The predicted molar refractivity (Wildman–Crippen MR) is 72.1 cm³/mol. The summed E-state index contributed by atoms with van der Waals surface area (Å²) >= 11 is 0. The van der Waals surface area contributed by atoms with E-state index in [0.717, 1.165) is 24.6 Å². The summed E-state index contributed by atoms with van der Waals surface area (Å²) in [5, 5.41) is 3.24. The molecular formula is C13H24N4. The van der Waals surface area contributed by atoms with Gasteiger partial charge < -0.3 is 10.2 Å². The van der Waals surface area contributed by atoms with Gasteiger partial charge in [0.1, 0.15) is 5.82 Å². The molecule has 1 rings (SSSR count). The van der Waals surface area contributed by atoms with Crippen molar-refractivity contribution >= 4 is 5.82 Å². The summed E-state index contributed by atoms with van der Waals surface area (Å²) in [4.78, 5) is 11.0. The molecule has 0 aliphatic rings. The summed E-state index contributed by atoms with van der Waals surface area (Å²) in [5.74, 6) is 1.54. The number of rotatable bonds is 6. The average molecular weight is 236 g/mol. The van der Waals surface area contributed by atoms with Crippen molar-refractivity contribution in [3.05, 3.63) is 18.1 Å². The third-order valence-electron chi connectivity index (χ3n) is 3.18. The van der Waals surface area contributed by atoms with Gasteiger partial charge in [0.2, 0.25) is 0 Å². The van der Waals surface area contributed by atoms with E-state index >= 15 is 0 Å². The van der Waals surface area contributed by atoms with E-state index in [9.17, 15) is 0 Å². The van der Waals surface area contributed by atoms with E-state index in [-0.39, 0.29) is 0 Å². The van der Waals surface area contributed by atoms with Crippen molar-refractivity contribution in [3.63, 3.8) is 0 Å². The molecule has 0 aliphatic carbocycles. The molecule has 0 saturated heterocycles. The molecule has 0 aromatic carbocycles. The summed E-state index contributed by atoms with van der Waals surface area (Å²) in [5.41, 5.74) is 0.987. The molecule has 0 aliphatic heterocycles. The van der Waals surface area contributed by atoms with E-state index < -0.39 is 0 Å². The fraction of sp³-hybridized carbons (Fsp3) is 0.692. The van der Waals surface area contributed by atoms with Crippen LogP contribution >= 0.6 is 0 Å². The molecule has 0 amide bonds. The van der Waals surface area contributed by atoms with Gasteiger partial charge in [-0.1, -0.05) is 20.8 Å². The Hall–Kier alpha value is -1.16. The number of hydrogen-bond donors (Lipinski definition) is 1. The van der Waals surface area contributed by atoms with Gasteiger partial charge in [0.15, 0.2) is 0 Å². The predicted octanol–water partition coefficient (Wildman–Crippen LogP) is 2.07. The molecule has 4 heteroatoms. The largest absolute Gasteiger partial charge is 0.355 e. The van der Waals surface area contributed by atoms with Crippen LogP contribution in [-0.2, 0) is 6.54 Å².